The van der Waals surface area contributed by atoms with E-state index in [1.807, 2.05) is 0 Å². The highest BCUT2D eigenvalue weighted by molar-refractivity contribution is 7.93. The highest BCUT2D eigenvalue weighted by Gasteiger charge is 2.19. The smallest absolute Gasteiger partial charge is 0.265 e. The molecule has 9 heteroatoms. The zero-order valence-electron chi connectivity index (χ0n) is 12.1. The maximum atomic E-state index is 12.2. The Morgan fingerprint density at radius 2 is 2.14 bits per heavy atom. The highest BCUT2D eigenvalue weighted by atomic mass is 32.2. The minimum absolute atomic E-state index is 0.0923. The lowest BCUT2D eigenvalue weighted by Crippen LogP contribution is -2.12. The standard InChI is InChI=1S/C12H18N4O3S2/c1-8(2)4-11-13-14-12(20-11)15-21(18,19)10-5-9(7-17)16(3)6-10/h5-6,8,17H,4,7H2,1-3H3,(H,14,15). The largest absolute Gasteiger partial charge is 0.390 e. The lowest BCUT2D eigenvalue weighted by molar-refractivity contribution is 0.272. The van der Waals surface area contributed by atoms with Crippen LogP contribution in [0.2, 0.25) is 0 Å². The first-order valence-electron chi connectivity index (χ1n) is 6.43. The summed E-state index contributed by atoms with van der Waals surface area (Å²) in [4.78, 5) is 0.0923. The van der Waals surface area contributed by atoms with Gasteiger partial charge in [0.2, 0.25) is 5.13 Å². The fourth-order valence-electron chi connectivity index (χ4n) is 1.78. The summed E-state index contributed by atoms with van der Waals surface area (Å²) >= 11 is 1.23. The van der Waals surface area contributed by atoms with Gasteiger partial charge in [-0.15, -0.1) is 10.2 Å². The number of rotatable bonds is 6. The van der Waals surface area contributed by atoms with Crippen molar-refractivity contribution in [3.05, 3.63) is 23.0 Å². The van der Waals surface area contributed by atoms with Gasteiger partial charge < -0.3 is 9.67 Å². The van der Waals surface area contributed by atoms with Crippen LogP contribution in [0.25, 0.3) is 0 Å². The molecule has 2 aromatic heterocycles. The zero-order chi connectivity index (χ0) is 15.6. The van der Waals surface area contributed by atoms with Crippen molar-refractivity contribution in [2.24, 2.45) is 13.0 Å². The van der Waals surface area contributed by atoms with Crippen molar-refractivity contribution in [2.75, 3.05) is 4.72 Å². The van der Waals surface area contributed by atoms with Crippen LogP contribution in [0.15, 0.2) is 17.2 Å². The van der Waals surface area contributed by atoms with Gasteiger partial charge in [0, 0.05) is 25.4 Å². The Balaban J connectivity index is 2.18. The molecule has 0 radical (unpaired) electrons. The van der Waals surface area contributed by atoms with E-state index in [2.05, 4.69) is 28.8 Å². The van der Waals surface area contributed by atoms with E-state index in [1.54, 1.807) is 11.6 Å². The number of nitrogens with zero attached hydrogens (tertiary/aromatic N) is 3. The molecule has 7 nitrogen and oxygen atoms in total. The molecule has 0 saturated heterocycles. The van der Waals surface area contributed by atoms with E-state index in [9.17, 15) is 8.42 Å². The molecule has 0 aliphatic heterocycles. The average molecular weight is 330 g/mol. The number of anilines is 1. The molecule has 0 aromatic carbocycles. The first-order chi connectivity index (χ1) is 9.81. The molecule has 116 valence electrons. The van der Waals surface area contributed by atoms with E-state index >= 15 is 0 Å². The molecule has 2 aromatic rings. The lowest BCUT2D eigenvalue weighted by Gasteiger charge is -2.01. The maximum Gasteiger partial charge on any atom is 0.265 e. The summed E-state index contributed by atoms with van der Waals surface area (Å²) in [5, 5.41) is 18.0. The van der Waals surface area contributed by atoms with Crippen LogP contribution >= 0.6 is 11.3 Å². The second kappa shape index (κ2) is 6.12. The normalized spacial score (nSPS) is 12.0. The van der Waals surface area contributed by atoms with E-state index in [-0.39, 0.29) is 16.6 Å². The zero-order valence-corrected chi connectivity index (χ0v) is 13.7. The third-order valence-electron chi connectivity index (χ3n) is 2.83. The molecule has 0 fully saturated rings. The van der Waals surface area contributed by atoms with Crippen molar-refractivity contribution >= 4 is 26.5 Å². The van der Waals surface area contributed by atoms with Gasteiger partial charge in [0.1, 0.15) is 9.90 Å². The number of nitrogens with one attached hydrogen (secondary N) is 1. The number of hydrogen-bond donors (Lipinski definition) is 2. The van der Waals surface area contributed by atoms with Gasteiger partial charge in [-0.2, -0.15) is 0 Å². The third-order valence-corrected chi connectivity index (χ3v) is 5.12. The fourth-order valence-corrected chi connectivity index (χ4v) is 4.06. The van der Waals surface area contributed by atoms with E-state index in [0.717, 1.165) is 11.4 Å². The fraction of sp³-hybridized carbons (Fsp3) is 0.500. The average Bonchev–Trinajstić information content (AvgIpc) is 2.95. The van der Waals surface area contributed by atoms with Crippen LogP contribution in [0.1, 0.15) is 24.5 Å². The lowest BCUT2D eigenvalue weighted by atomic mass is 10.1. The molecule has 0 bridgehead atoms. The second-order valence-electron chi connectivity index (χ2n) is 5.14. The summed E-state index contributed by atoms with van der Waals surface area (Å²) in [5.74, 6) is 0.434. The summed E-state index contributed by atoms with van der Waals surface area (Å²) in [6, 6.07) is 1.43. The molecule has 0 amide bonds. The van der Waals surface area contributed by atoms with Crippen LogP contribution in [-0.4, -0.2) is 28.3 Å². The van der Waals surface area contributed by atoms with Crippen molar-refractivity contribution in [1.29, 1.82) is 0 Å². The number of aromatic nitrogens is 3. The van der Waals surface area contributed by atoms with Crippen molar-refractivity contribution in [3.63, 3.8) is 0 Å². The van der Waals surface area contributed by atoms with E-state index < -0.39 is 10.0 Å². The quantitative estimate of drug-likeness (QED) is 0.834. The van der Waals surface area contributed by atoms with E-state index in [1.165, 1.54) is 23.6 Å². The van der Waals surface area contributed by atoms with Crippen LogP contribution in [0.3, 0.4) is 0 Å². The Labute approximate surface area is 127 Å². The highest BCUT2D eigenvalue weighted by Crippen LogP contribution is 2.22. The number of aliphatic hydroxyl groups is 1. The number of aliphatic hydroxyl groups excluding tert-OH is 1. The van der Waals surface area contributed by atoms with Gasteiger partial charge >= 0.3 is 0 Å². The van der Waals surface area contributed by atoms with Crippen LogP contribution in [0, 0.1) is 5.92 Å². The van der Waals surface area contributed by atoms with Gasteiger partial charge in [0.15, 0.2) is 0 Å². The van der Waals surface area contributed by atoms with E-state index in [4.69, 9.17) is 5.11 Å². The van der Waals surface area contributed by atoms with Crippen LogP contribution in [0.5, 0.6) is 0 Å². The van der Waals surface area contributed by atoms with Crippen LogP contribution in [0.4, 0.5) is 5.13 Å². The second-order valence-corrected chi connectivity index (χ2v) is 7.89. The van der Waals surface area contributed by atoms with Crippen LogP contribution < -0.4 is 4.72 Å². The Bertz CT molecular complexity index is 719. The molecular weight excluding hydrogens is 312 g/mol. The molecule has 0 unspecified atom stereocenters. The van der Waals surface area contributed by atoms with Gasteiger partial charge in [0.05, 0.1) is 6.61 Å². The molecule has 0 aliphatic rings. The molecule has 2 heterocycles. The number of hydrogen-bond acceptors (Lipinski definition) is 6. The minimum atomic E-state index is -3.71. The molecule has 21 heavy (non-hydrogen) atoms. The first-order valence-corrected chi connectivity index (χ1v) is 8.73. The molecular formula is C12H18N4O3S2. The predicted octanol–water partition coefficient (Wildman–Crippen LogP) is 1.37. The van der Waals surface area contributed by atoms with Crippen LogP contribution in [-0.2, 0) is 30.1 Å². The van der Waals surface area contributed by atoms with Crippen molar-refractivity contribution in [2.45, 2.75) is 31.8 Å². The molecule has 0 aliphatic carbocycles. The minimum Gasteiger partial charge on any atom is -0.390 e. The topological polar surface area (TPSA) is 97.1 Å². The van der Waals surface area contributed by atoms with Gasteiger partial charge in [-0.3, -0.25) is 4.72 Å². The predicted molar refractivity (Wildman–Crippen MR) is 80.6 cm³/mol. The van der Waals surface area contributed by atoms with Gasteiger partial charge in [-0.05, 0) is 12.0 Å². The Morgan fingerprint density at radius 1 is 1.43 bits per heavy atom. The summed E-state index contributed by atoms with van der Waals surface area (Å²) in [6.45, 7) is 3.90. The molecule has 2 N–H and O–H groups in total. The summed E-state index contributed by atoms with van der Waals surface area (Å²) in [7, 11) is -2.04. The summed E-state index contributed by atoms with van der Waals surface area (Å²) in [6.07, 6.45) is 2.21. The van der Waals surface area contributed by atoms with Gasteiger partial charge in [-0.1, -0.05) is 25.2 Å². The van der Waals surface area contributed by atoms with Gasteiger partial charge in [0.25, 0.3) is 10.0 Å². The molecule has 0 atom stereocenters. The van der Waals surface area contributed by atoms with Crippen molar-refractivity contribution in [3.8, 4) is 0 Å². The number of aryl methyl sites for hydroxylation is 1. The van der Waals surface area contributed by atoms with Crippen molar-refractivity contribution < 1.29 is 13.5 Å². The van der Waals surface area contributed by atoms with E-state index in [0.29, 0.717) is 11.6 Å². The summed E-state index contributed by atoms with van der Waals surface area (Å²) in [5.41, 5.74) is 0.521. The SMILES string of the molecule is CC(C)Cc1nnc(NS(=O)(=O)c2cc(CO)n(C)c2)s1. The third kappa shape index (κ3) is 3.80. The Morgan fingerprint density at radius 3 is 2.71 bits per heavy atom. The van der Waals surface area contributed by atoms with Gasteiger partial charge in [-0.25, -0.2) is 8.42 Å². The maximum absolute atomic E-state index is 12.2. The molecule has 0 spiro atoms. The molecule has 0 saturated carbocycles. The summed E-state index contributed by atoms with van der Waals surface area (Å²) < 4.78 is 28.5. The monoisotopic (exact) mass is 330 g/mol. The number of sulfonamides is 1. The molecule has 2 rings (SSSR count). The van der Waals surface area contributed by atoms with Crippen molar-refractivity contribution in [1.82, 2.24) is 14.8 Å². The Kier molecular flexibility index (Phi) is 4.64. The first kappa shape index (κ1) is 15.9. The Hall–Kier alpha value is -1.45.